The van der Waals surface area contributed by atoms with Crippen LogP contribution >= 0.6 is 34.8 Å². The Morgan fingerprint density at radius 3 is 2.18 bits per heavy atom. The topological polar surface area (TPSA) is 110 Å². The first kappa shape index (κ1) is 30.1. The summed E-state index contributed by atoms with van der Waals surface area (Å²) in [6.45, 7) is -0.0694. The monoisotopic (exact) mass is 489 g/mol. The number of rotatable bonds is 2. The van der Waals surface area contributed by atoms with Crippen molar-refractivity contribution >= 4 is 51.7 Å². The zero-order valence-corrected chi connectivity index (χ0v) is 19.7. The molecular weight excluding hydrogens is 477 g/mol. The third-order valence-electron chi connectivity index (χ3n) is 2.89. The molecule has 0 saturated heterocycles. The molecule has 0 radical (unpaired) electrons. The molecular formula is C15H14Cl3F3KNO5. The van der Waals surface area contributed by atoms with Crippen LogP contribution in [0.1, 0.15) is 19.8 Å². The summed E-state index contributed by atoms with van der Waals surface area (Å²) in [5, 5.41) is 17.0. The third kappa shape index (κ3) is 11.2. The molecule has 0 unspecified atom stereocenters. The van der Waals surface area contributed by atoms with Crippen LogP contribution in [0.25, 0.3) is 0 Å². The average molecular weight is 491 g/mol. The number of carbonyl (C=O) groups is 2. The molecule has 28 heavy (non-hydrogen) atoms. The molecule has 1 saturated carbocycles. The fourth-order valence-corrected chi connectivity index (χ4v) is 1.74. The van der Waals surface area contributed by atoms with E-state index in [9.17, 15) is 18.3 Å². The molecule has 0 aromatic heterocycles. The number of alkyl halides is 3. The van der Waals surface area contributed by atoms with Gasteiger partial charge in [0, 0.05) is 22.2 Å². The summed E-state index contributed by atoms with van der Waals surface area (Å²) >= 11 is 14.5. The number of nitrogens with two attached hydrogens (primary N) is 1. The summed E-state index contributed by atoms with van der Waals surface area (Å²) in [5.41, 5.74) is 1.49. The number of nitrogen functional groups attached to an aromatic ring is 1. The Bertz CT molecular complexity index is 725. The predicted octanol–water partition coefficient (Wildman–Crippen LogP) is 1.42. The molecule has 6 nitrogen and oxygen atoms in total. The maximum absolute atomic E-state index is 13.1. The minimum absolute atomic E-state index is 0. The number of benzene rings is 1. The summed E-state index contributed by atoms with van der Waals surface area (Å²) in [6.07, 6.45) is -3.44. The van der Waals surface area contributed by atoms with Crippen LogP contribution in [0.2, 0.25) is 5.02 Å². The molecule has 0 amide bonds. The predicted molar refractivity (Wildman–Crippen MR) is 94.3 cm³/mol. The Labute approximate surface area is 217 Å². The van der Waals surface area contributed by atoms with Crippen molar-refractivity contribution in [2.45, 2.75) is 24.6 Å². The van der Waals surface area contributed by atoms with Gasteiger partial charge in [-0.2, -0.15) is 13.2 Å². The van der Waals surface area contributed by atoms with Gasteiger partial charge in [-0.15, -0.1) is 0 Å². The number of hydrogen-bond acceptors (Lipinski definition) is 6. The van der Waals surface area contributed by atoms with Gasteiger partial charge in [0.15, 0.2) is 0 Å². The molecule has 1 aromatic carbocycles. The second-order valence-electron chi connectivity index (χ2n) is 4.91. The quantitative estimate of drug-likeness (QED) is 0.110. The largest absolute Gasteiger partial charge is 1.00 e. The fourth-order valence-electron chi connectivity index (χ4n) is 1.57. The summed E-state index contributed by atoms with van der Waals surface area (Å²) < 4.78 is 38.5. The van der Waals surface area contributed by atoms with Crippen molar-refractivity contribution in [3.8, 4) is 11.8 Å². The molecule has 0 aliphatic heterocycles. The van der Waals surface area contributed by atoms with Crippen molar-refractivity contribution in [1.82, 2.24) is 0 Å². The number of halogens is 6. The van der Waals surface area contributed by atoms with Gasteiger partial charge in [0.1, 0.15) is 0 Å². The van der Waals surface area contributed by atoms with Crippen molar-refractivity contribution in [3.63, 3.8) is 0 Å². The molecule has 2 rings (SSSR count). The van der Waals surface area contributed by atoms with Gasteiger partial charge < -0.3 is 17.2 Å². The van der Waals surface area contributed by atoms with Gasteiger partial charge in [0.05, 0.1) is 0 Å². The minimum Gasteiger partial charge on any atom is -1.00 e. The minimum atomic E-state index is -4.95. The van der Waals surface area contributed by atoms with Crippen LogP contribution in [0.3, 0.4) is 0 Å². The second-order valence-corrected chi connectivity index (χ2v) is 6.23. The van der Waals surface area contributed by atoms with Crippen LogP contribution in [0, 0.1) is 17.8 Å². The van der Waals surface area contributed by atoms with E-state index in [0.717, 1.165) is 18.9 Å². The van der Waals surface area contributed by atoms with Crippen LogP contribution in [0.4, 0.5) is 23.7 Å². The van der Waals surface area contributed by atoms with Gasteiger partial charge >= 0.3 is 68.7 Å². The zero-order chi connectivity index (χ0) is 21.3. The third-order valence-corrected chi connectivity index (χ3v) is 3.13. The van der Waals surface area contributed by atoms with Gasteiger partial charge in [-0.3, -0.25) is 9.59 Å². The van der Waals surface area contributed by atoms with Gasteiger partial charge in [-0.05, 0) is 54.2 Å². The van der Waals surface area contributed by atoms with E-state index in [4.69, 9.17) is 32.2 Å². The van der Waals surface area contributed by atoms with Gasteiger partial charge in [-0.1, -0.05) is 23.4 Å². The molecule has 1 atom stereocenters. The van der Waals surface area contributed by atoms with E-state index >= 15 is 0 Å². The van der Waals surface area contributed by atoms with Crippen molar-refractivity contribution in [2.75, 3.05) is 5.73 Å². The Balaban J connectivity index is -0.000000582. The maximum atomic E-state index is 13.1. The van der Waals surface area contributed by atoms with E-state index in [1.54, 1.807) is 0 Å². The maximum Gasteiger partial charge on any atom is 1.00 e. The van der Waals surface area contributed by atoms with Gasteiger partial charge in [-0.25, -0.2) is 5.26 Å². The molecule has 0 heterocycles. The Morgan fingerprint density at radius 2 is 1.82 bits per heavy atom. The standard InChI is InChI=1S/C13H11ClF3NO.CCl2O.CH2O3.K.H/c14-9-3-4-11(18)10(7-9)12(19,13(15,16)17)6-5-8-1-2-8;2-1(3)4;2-1-4-3;;/h3-4,7-8,19H,1-2,18H2;;1,3H;;/q;;;+1;-1/t12-;;;;/m0..../s1. The van der Waals surface area contributed by atoms with Crippen molar-refractivity contribution in [1.29, 1.82) is 0 Å². The molecule has 13 heteroatoms. The van der Waals surface area contributed by atoms with E-state index in [0.29, 0.717) is 0 Å². The van der Waals surface area contributed by atoms with Crippen LogP contribution in [-0.2, 0) is 15.3 Å². The van der Waals surface area contributed by atoms with E-state index in [-0.39, 0.29) is 75.9 Å². The fraction of sp³-hybridized carbons (Fsp3) is 0.333. The summed E-state index contributed by atoms with van der Waals surface area (Å²) in [5.74, 6) is 4.28. The molecule has 0 bridgehead atoms. The Hall–Kier alpha value is -0.0636. The summed E-state index contributed by atoms with van der Waals surface area (Å²) in [4.78, 5) is 20.5. The SMILES string of the molecule is Nc1ccc(Cl)cc1[C@@](O)(C#CC1CC1)C(F)(F)F.O=C(Cl)Cl.O=COO.[H-].[K+]. The zero-order valence-electron chi connectivity index (χ0n) is 15.3. The molecule has 152 valence electrons. The number of anilines is 1. The Morgan fingerprint density at radius 1 is 1.36 bits per heavy atom. The van der Waals surface area contributed by atoms with Crippen LogP contribution in [-0.4, -0.2) is 27.7 Å². The molecule has 1 aliphatic carbocycles. The summed E-state index contributed by atoms with van der Waals surface area (Å²) in [7, 11) is 0. The molecule has 1 aliphatic rings. The van der Waals surface area contributed by atoms with Crippen LogP contribution < -0.4 is 57.1 Å². The van der Waals surface area contributed by atoms with Crippen LogP contribution in [0.15, 0.2) is 18.2 Å². The van der Waals surface area contributed by atoms with E-state index in [1.165, 1.54) is 12.1 Å². The van der Waals surface area contributed by atoms with E-state index < -0.39 is 22.0 Å². The summed E-state index contributed by atoms with van der Waals surface area (Å²) in [6, 6.07) is 3.56. The number of aliphatic hydroxyl groups is 1. The van der Waals surface area contributed by atoms with Crippen molar-refractivity contribution in [2.24, 2.45) is 5.92 Å². The first-order valence-electron chi connectivity index (χ1n) is 6.85. The first-order chi connectivity index (χ1) is 12.4. The normalized spacial score (nSPS) is 14.1. The smallest absolute Gasteiger partial charge is 1.00 e. The van der Waals surface area contributed by atoms with Crippen molar-refractivity contribution < 1.29 is 90.8 Å². The van der Waals surface area contributed by atoms with Crippen molar-refractivity contribution in [3.05, 3.63) is 28.8 Å². The second kappa shape index (κ2) is 14.0. The van der Waals surface area contributed by atoms with E-state index in [2.05, 4.69) is 34.0 Å². The molecule has 1 aromatic rings. The van der Waals surface area contributed by atoms with E-state index in [1.807, 2.05) is 5.92 Å². The van der Waals surface area contributed by atoms with Crippen LogP contribution in [0.5, 0.6) is 0 Å². The Kier molecular flexibility index (Phi) is 15.1. The van der Waals surface area contributed by atoms with Gasteiger partial charge in [0.2, 0.25) is 5.60 Å². The first-order valence-corrected chi connectivity index (χ1v) is 7.98. The molecule has 0 spiro atoms. The van der Waals surface area contributed by atoms with Gasteiger partial charge in [0.25, 0.3) is 0 Å². The average Bonchev–Trinajstić information content (AvgIpc) is 3.38. The number of carbonyl (C=O) groups excluding carboxylic acids is 2. The molecule has 1 fully saturated rings. The number of hydrogen-bond donors (Lipinski definition) is 3. The molecule has 4 N–H and O–H groups in total.